The van der Waals surface area contributed by atoms with Crippen LogP contribution in [0.1, 0.15) is 30.1 Å². The normalized spacial score (nSPS) is 13.8. The molecule has 0 heterocycles. The van der Waals surface area contributed by atoms with Crippen LogP contribution in [0.15, 0.2) is 54.6 Å². The van der Waals surface area contributed by atoms with Crippen LogP contribution in [0, 0.1) is 0 Å². The van der Waals surface area contributed by atoms with Crippen LogP contribution in [0.2, 0.25) is 0 Å². The predicted molar refractivity (Wildman–Crippen MR) is 76.8 cm³/mol. The van der Waals surface area contributed by atoms with Crippen LogP contribution in [0.3, 0.4) is 0 Å². The molecular formula is C17H14F6O. The molecule has 0 N–H and O–H groups in total. The van der Waals surface area contributed by atoms with Crippen LogP contribution < -0.4 is 4.74 Å². The number of hydrogen-bond acceptors (Lipinski definition) is 1. The van der Waals surface area contributed by atoms with Crippen molar-refractivity contribution in [1.29, 1.82) is 0 Å². The number of rotatable bonds is 4. The standard InChI is InChI=1S/C17H14F6O/c1-11(12-5-3-2-4-6-12)24-14-9-7-13(8-10-14)15(16(18,19)20)17(21,22)23/h2-11,15H,1H3. The van der Waals surface area contributed by atoms with Gasteiger partial charge in [0.2, 0.25) is 0 Å². The number of alkyl halides is 6. The summed E-state index contributed by atoms with van der Waals surface area (Å²) in [6.07, 6.45) is -11.2. The second-order valence-corrected chi connectivity index (χ2v) is 5.26. The van der Waals surface area contributed by atoms with E-state index >= 15 is 0 Å². The smallest absolute Gasteiger partial charge is 0.404 e. The third-order valence-electron chi connectivity index (χ3n) is 3.45. The molecule has 0 aliphatic heterocycles. The van der Waals surface area contributed by atoms with E-state index in [0.717, 1.165) is 29.8 Å². The van der Waals surface area contributed by atoms with Gasteiger partial charge in [-0.1, -0.05) is 42.5 Å². The van der Waals surface area contributed by atoms with Crippen molar-refractivity contribution < 1.29 is 31.1 Å². The first-order chi connectivity index (χ1) is 11.1. The molecule has 24 heavy (non-hydrogen) atoms. The van der Waals surface area contributed by atoms with E-state index in [-0.39, 0.29) is 5.75 Å². The molecule has 0 fully saturated rings. The van der Waals surface area contributed by atoms with E-state index in [1.807, 2.05) is 18.2 Å². The van der Waals surface area contributed by atoms with Crippen molar-refractivity contribution >= 4 is 0 Å². The summed E-state index contributed by atoms with van der Waals surface area (Å²) in [5.41, 5.74) is -0.0280. The van der Waals surface area contributed by atoms with Gasteiger partial charge in [0.1, 0.15) is 11.9 Å². The van der Waals surface area contributed by atoms with Gasteiger partial charge in [-0.25, -0.2) is 0 Å². The molecule has 1 unspecified atom stereocenters. The lowest BCUT2D eigenvalue weighted by molar-refractivity contribution is -0.253. The molecular weight excluding hydrogens is 334 g/mol. The Balaban J connectivity index is 2.18. The minimum atomic E-state index is -5.40. The average Bonchev–Trinajstić information content (AvgIpc) is 2.47. The maximum atomic E-state index is 12.7. The Morgan fingerprint density at radius 2 is 1.21 bits per heavy atom. The zero-order chi connectivity index (χ0) is 18.0. The largest absolute Gasteiger partial charge is 0.486 e. The van der Waals surface area contributed by atoms with Crippen LogP contribution in [0.4, 0.5) is 26.3 Å². The molecule has 1 nitrogen and oxygen atoms in total. The van der Waals surface area contributed by atoms with E-state index in [1.165, 1.54) is 0 Å². The Labute approximate surface area is 134 Å². The number of benzene rings is 2. The highest BCUT2D eigenvalue weighted by Gasteiger charge is 2.57. The Kier molecular flexibility index (Phi) is 5.11. The average molecular weight is 348 g/mol. The van der Waals surface area contributed by atoms with E-state index < -0.39 is 29.9 Å². The first-order valence-corrected chi connectivity index (χ1v) is 7.04. The maximum absolute atomic E-state index is 12.7. The van der Waals surface area contributed by atoms with Crippen molar-refractivity contribution in [2.45, 2.75) is 31.3 Å². The van der Waals surface area contributed by atoms with Crippen LogP contribution >= 0.6 is 0 Å². The second-order valence-electron chi connectivity index (χ2n) is 5.26. The van der Waals surface area contributed by atoms with Gasteiger partial charge in [0, 0.05) is 0 Å². The fourth-order valence-corrected chi connectivity index (χ4v) is 2.30. The van der Waals surface area contributed by atoms with Gasteiger partial charge in [-0.2, -0.15) is 26.3 Å². The van der Waals surface area contributed by atoms with E-state index in [1.54, 1.807) is 19.1 Å². The van der Waals surface area contributed by atoms with E-state index in [9.17, 15) is 26.3 Å². The van der Waals surface area contributed by atoms with Crippen LogP contribution in [0.5, 0.6) is 5.75 Å². The van der Waals surface area contributed by atoms with Gasteiger partial charge in [-0.15, -0.1) is 0 Å². The fourth-order valence-electron chi connectivity index (χ4n) is 2.30. The monoisotopic (exact) mass is 348 g/mol. The predicted octanol–water partition coefficient (Wildman–Crippen LogP) is 6.03. The molecule has 1 atom stereocenters. The molecule has 0 aromatic heterocycles. The highest BCUT2D eigenvalue weighted by atomic mass is 19.4. The van der Waals surface area contributed by atoms with Crippen molar-refractivity contribution in [3.8, 4) is 5.75 Å². The quantitative estimate of drug-likeness (QED) is 0.613. The van der Waals surface area contributed by atoms with Gasteiger partial charge >= 0.3 is 12.4 Å². The Morgan fingerprint density at radius 1 is 0.708 bits per heavy atom. The van der Waals surface area contributed by atoms with Gasteiger partial charge in [0.05, 0.1) is 0 Å². The highest BCUT2D eigenvalue weighted by molar-refractivity contribution is 5.32. The molecule has 0 radical (unpaired) electrons. The molecule has 130 valence electrons. The maximum Gasteiger partial charge on any atom is 0.404 e. The summed E-state index contributed by atoms with van der Waals surface area (Å²) < 4.78 is 81.6. The van der Waals surface area contributed by atoms with Gasteiger partial charge in [0.15, 0.2) is 5.92 Å². The summed E-state index contributed by atoms with van der Waals surface area (Å²) in [4.78, 5) is 0. The second kappa shape index (κ2) is 6.75. The molecule has 0 spiro atoms. The molecule has 0 saturated heterocycles. The minimum Gasteiger partial charge on any atom is -0.486 e. The molecule has 0 aliphatic rings. The van der Waals surface area contributed by atoms with E-state index in [2.05, 4.69) is 0 Å². The lowest BCUT2D eigenvalue weighted by atomic mass is 9.98. The van der Waals surface area contributed by atoms with Crippen molar-refractivity contribution in [2.75, 3.05) is 0 Å². The lowest BCUT2D eigenvalue weighted by Gasteiger charge is -2.23. The Morgan fingerprint density at radius 3 is 1.67 bits per heavy atom. The first-order valence-electron chi connectivity index (χ1n) is 7.04. The summed E-state index contributed by atoms with van der Waals surface area (Å²) in [5.74, 6) is -3.32. The minimum absolute atomic E-state index is 0.193. The summed E-state index contributed by atoms with van der Waals surface area (Å²) in [6.45, 7) is 1.73. The van der Waals surface area contributed by atoms with Crippen molar-refractivity contribution in [3.63, 3.8) is 0 Å². The summed E-state index contributed by atoms with van der Waals surface area (Å²) in [5, 5.41) is 0. The topological polar surface area (TPSA) is 9.23 Å². The molecule has 0 aliphatic carbocycles. The third kappa shape index (κ3) is 4.43. The molecule has 7 heteroatoms. The zero-order valence-corrected chi connectivity index (χ0v) is 12.5. The Bertz CT molecular complexity index is 632. The number of halogens is 6. The number of ether oxygens (including phenoxy) is 1. The zero-order valence-electron chi connectivity index (χ0n) is 12.5. The summed E-state index contributed by atoms with van der Waals surface area (Å²) >= 11 is 0. The molecule has 2 aromatic carbocycles. The van der Waals surface area contributed by atoms with Gasteiger partial charge in [-0.05, 0) is 30.2 Å². The van der Waals surface area contributed by atoms with Gasteiger partial charge in [0.25, 0.3) is 0 Å². The van der Waals surface area contributed by atoms with Crippen LogP contribution in [-0.2, 0) is 0 Å². The number of hydrogen-bond donors (Lipinski definition) is 0. The van der Waals surface area contributed by atoms with E-state index in [4.69, 9.17) is 4.74 Å². The fraction of sp³-hybridized carbons (Fsp3) is 0.294. The highest BCUT2D eigenvalue weighted by Crippen LogP contribution is 2.46. The summed E-state index contributed by atoms with van der Waals surface area (Å²) in [7, 11) is 0. The van der Waals surface area contributed by atoms with Crippen molar-refractivity contribution in [2.24, 2.45) is 0 Å². The van der Waals surface area contributed by atoms with Gasteiger partial charge < -0.3 is 4.74 Å². The van der Waals surface area contributed by atoms with E-state index in [0.29, 0.717) is 0 Å². The van der Waals surface area contributed by atoms with Crippen LogP contribution in [0.25, 0.3) is 0 Å². The SMILES string of the molecule is CC(Oc1ccc(C(C(F)(F)F)C(F)(F)F)cc1)c1ccccc1. The van der Waals surface area contributed by atoms with Gasteiger partial charge in [-0.3, -0.25) is 0 Å². The van der Waals surface area contributed by atoms with Crippen LogP contribution in [-0.4, -0.2) is 12.4 Å². The van der Waals surface area contributed by atoms with Crippen molar-refractivity contribution in [1.82, 2.24) is 0 Å². The Hall–Kier alpha value is -2.18. The lowest BCUT2D eigenvalue weighted by Crippen LogP contribution is -2.34. The molecule has 0 saturated carbocycles. The molecule has 0 amide bonds. The summed E-state index contributed by atoms with van der Waals surface area (Å²) in [6, 6.07) is 12.8. The van der Waals surface area contributed by atoms with Crippen molar-refractivity contribution in [3.05, 3.63) is 65.7 Å². The first kappa shape index (κ1) is 18.2. The third-order valence-corrected chi connectivity index (χ3v) is 3.45. The molecule has 0 bridgehead atoms. The molecule has 2 rings (SSSR count). The molecule has 2 aromatic rings.